The lowest BCUT2D eigenvalue weighted by molar-refractivity contribution is -0.149. The van der Waals surface area contributed by atoms with Crippen molar-refractivity contribution in [2.24, 2.45) is 0 Å². The number of nitrogens with zero attached hydrogens (tertiary/aromatic N) is 1. The van der Waals surface area contributed by atoms with Gasteiger partial charge in [-0.25, -0.2) is 4.79 Å². The Morgan fingerprint density at radius 2 is 1.90 bits per heavy atom. The number of aryl methyl sites for hydroxylation is 1. The minimum atomic E-state index is -0.582. The van der Waals surface area contributed by atoms with Crippen molar-refractivity contribution in [2.45, 2.75) is 32.9 Å². The van der Waals surface area contributed by atoms with Crippen LogP contribution in [-0.4, -0.2) is 10.5 Å². The van der Waals surface area contributed by atoms with Gasteiger partial charge in [0.15, 0.2) is 0 Å². The molecule has 0 fully saturated rings. The average Bonchev–Trinajstić information content (AvgIpc) is 2.50. The van der Waals surface area contributed by atoms with E-state index in [0.29, 0.717) is 6.42 Å². The van der Waals surface area contributed by atoms with Gasteiger partial charge in [0.1, 0.15) is 12.6 Å². The summed E-state index contributed by atoms with van der Waals surface area (Å²) in [5.41, 5.74) is 1.67. The lowest BCUT2D eigenvalue weighted by Gasteiger charge is -2.17. The summed E-state index contributed by atoms with van der Waals surface area (Å²) in [6.45, 7) is 3.97. The monoisotopic (exact) mass is 285 g/mol. The zero-order valence-electron chi connectivity index (χ0n) is 12.3. The smallest absolute Gasteiger partial charge is 0.329 e. The van der Waals surface area contributed by atoms with E-state index in [2.05, 4.69) is 0 Å². The van der Waals surface area contributed by atoms with E-state index in [1.807, 2.05) is 44.2 Å². The number of carbonyl (C=O) groups excluding carboxylic acids is 1. The van der Waals surface area contributed by atoms with Crippen molar-refractivity contribution in [3.05, 3.63) is 70.1 Å². The van der Waals surface area contributed by atoms with Crippen LogP contribution in [0.4, 0.5) is 0 Å². The first kappa shape index (κ1) is 15.0. The van der Waals surface area contributed by atoms with E-state index < -0.39 is 6.04 Å². The molecule has 0 saturated heterocycles. The molecule has 1 unspecified atom stereocenters. The van der Waals surface area contributed by atoms with Gasteiger partial charge >= 0.3 is 5.97 Å². The van der Waals surface area contributed by atoms with Crippen LogP contribution < -0.4 is 5.56 Å². The van der Waals surface area contributed by atoms with E-state index in [0.717, 1.165) is 11.1 Å². The maximum absolute atomic E-state index is 12.2. The van der Waals surface area contributed by atoms with Gasteiger partial charge in [-0.2, -0.15) is 0 Å². The molecule has 0 radical (unpaired) electrons. The van der Waals surface area contributed by atoms with E-state index in [1.165, 1.54) is 10.6 Å². The van der Waals surface area contributed by atoms with Gasteiger partial charge in [-0.1, -0.05) is 43.3 Å². The number of rotatable bonds is 5. The summed E-state index contributed by atoms with van der Waals surface area (Å²) >= 11 is 0. The molecule has 21 heavy (non-hydrogen) atoms. The van der Waals surface area contributed by atoms with Gasteiger partial charge in [-0.15, -0.1) is 0 Å². The van der Waals surface area contributed by atoms with Crippen molar-refractivity contribution >= 4 is 5.97 Å². The van der Waals surface area contributed by atoms with Crippen molar-refractivity contribution in [2.75, 3.05) is 0 Å². The Labute approximate surface area is 124 Å². The number of ether oxygens (including phenoxy) is 1. The standard InChI is InChI=1S/C17H19NO3/c1-3-15(18-11-13(2)9-10-16(18)19)17(20)21-12-14-7-5-4-6-8-14/h4-11,15H,3,12H2,1-2H3. The molecule has 1 heterocycles. The van der Waals surface area contributed by atoms with Crippen molar-refractivity contribution in [3.63, 3.8) is 0 Å². The fourth-order valence-electron chi connectivity index (χ4n) is 2.16. The Balaban J connectivity index is 2.12. The molecular weight excluding hydrogens is 266 g/mol. The number of pyridine rings is 1. The lowest BCUT2D eigenvalue weighted by atomic mass is 10.2. The lowest BCUT2D eigenvalue weighted by Crippen LogP contribution is -2.30. The number of aromatic nitrogens is 1. The van der Waals surface area contributed by atoms with E-state index in [9.17, 15) is 9.59 Å². The Kier molecular flexibility index (Phi) is 4.93. The van der Waals surface area contributed by atoms with Crippen LogP contribution in [-0.2, 0) is 16.1 Å². The minimum absolute atomic E-state index is 0.191. The Hall–Kier alpha value is -2.36. The van der Waals surface area contributed by atoms with E-state index in [-0.39, 0.29) is 18.1 Å². The molecule has 0 bridgehead atoms. The number of hydrogen-bond acceptors (Lipinski definition) is 3. The first-order chi connectivity index (χ1) is 10.1. The molecule has 0 aliphatic rings. The van der Waals surface area contributed by atoms with Crippen molar-refractivity contribution in [1.29, 1.82) is 0 Å². The van der Waals surface area contributed by atoms with Crippen molar-refractivity contribution in [3.8, 4) is 0 Å². The highest BCUT2D eigenvalue weighted by molar-refractivity contribution is 5.74. The molecule has 4 heteroatoms. The zero-order valence-corrected chi connectivity index (χ0v) is 12.3. The maximum Gasteiger partial charge on any atom is 0.329 e. The van der Waals surface area contributed by atoms with Crippen LogP contribution in [0.3, 0.4) is 0 Å². The van der Waals surface area contributed by atoms with Gasteiger partial charge in [0.25, 0.3) is 5.56 Å². The molecule has 2 aromatic rings. The largest absolute Gasteiger partial charge is 0.459 e. The maximum atomic E-state index is 12.2. The van der Waals surface area contributed by atoms with Crippen LogP contribution in [0.2, 0.25) is 0 Å². The number of benzene rings is 1. The van der Waals surface area contributed by atoms with Gasteiger partial charge in [0, 0.05) is 12.3 Å². The zero-order chi connectivity index (χ0) is 15.2. The summed E-state index contributed by atoms with van der Waals surface area (Å²) in [6.07, 6.45) is 2.21. The molecule has 0 spiro atoms. The first-order valence-electron chi connectivity index (χ1n) is 7.01. The highest BCUT2D eigenvalue weighted by atomic mass is 16.5. The topological polar surface area (TPSA) is 48.3 Å². The molecule has 0 saturated carbocycles. The normalized spacial score (nSPS) is 11.9. The van der Waals surface area contributed by atoms with Gasteiger partial charge in [0.05, 0.1) is 0 Å². The second kappa shape index (κ2) is 6.88. The van der Waals surface area contributed by atoms with Crippen molar-refractivity contribution in [1.82, 2.24) is 4.57 Å². The fraction of sp³-hybridized carbons (Fsp3) is 0.294. The molecule has 0 N–H and O–H groups in total. The summed E-state index contributed by atoms with van der Waals surface area (Å²) in [7, 11) is 0. The van der Waals surface area contributed by atoms with Crippen LogP contribution >= 0.6 is 0 Å². The van der Waals surface area contributed by atoms with Crippen LogP contribution in [0, 0.1) is 6.92 Å². The third-order valence-corrected chi connectivity index (χ3v) is 3.30. The summed E-state index contributed by atoms with van der Waals surface area (Å²) in [5, 5.41) is 0. The molecule has 0 aliphatic carbocycles. The second-order valence-corrected chi connectivity index (χ2v) is 4.97. The van der Waals surface area contributed by atoms with Gasteiger partial charge in [-0.05, 0) is 24.5 Å². The van der Waals surface area contributed by atoms with Crippen LogP contribution in [0.15, 0.2) is 53.5 Å². The Morgan fingerprint density at radius 3 is 2.57 bits per heavy atom. The third kappa shape index (κ3) is 3.81. The molecule has 110 valence electrons. The Bertz CT molecular complexity index is 661. The SMILES string of the molecule is CCC(C(=O)OCc1ccccc1)n1cc(C)ccc1=O. The highest BCUT2D eigenvalue weighted by Gasteiger charge is 2.21. The summed E-state index contributed by atoms with van der Waals surface area (Å²) in [6, 6.07) is 12.1. The molecule has 4 nitrogen and oxygen atoms in total. The summed E-state index contributed by atoms with van der Waals surface area (Å²) in [4.78, 5) is 24.1. The van der Waals surface area contributed by atoms with Crippen LogP contribution in [0.1, 0.15) is 30.5 Å². The molecular formula is C17H19NO3. The molecule has 1 atom stereocenters. The van der Waals surface area contributed by atoms with E-state index in [1.54, 1.807) is 12.3 Å². The van der Waals surface area contributed by atoms with Gasteiger partial charge in [-0.3, -0.25) is 4.79 Å². The second-order valence-electron chi connectivity index (χ2n) is 4.97. The van der Waals surface area contributed by atoms with E-state index >= 15 is 0 Å². The number of hydrogen-bond donors (Lipinski definition) is 0. The molecule has 1 aromatic heterocycles. The Morgan fingerprint density at radius 1 is 1.19 bits per heavy atom. The molecule has 1 aromatic carbocycles. The molecule has 2 rings (SSSR count). The minimum Gasteiger partial charge on any atom is -0.459 e. The quantitative estimate of drug-likeness (QED) is 0.794. The predicted octanol–water partition coefficient (Wildman–Crippen LogP) is 2.85. The predicted molar refractivity (Wildman–Crippen MR) is 81.0 cm³/mol. The van der Waals surface area contributed by atoms with E-state index in [4.69, 9.17) is 4.74 Å². The van der Waals surface area contributed by atoms with Crippen molar-refractivity contribution < 1.29 is 9.53 Å². The molecule has 0 aliphatic heterocycles. The van der Waals surface area contributed by atoms with Gasteiger partial charge in [0.2, 0.25) is 0 Å². The summed E-state index contributed by atoms with van der Waals surface area (Å²) < 4.78 is 6.78. The highest BCUT2D eigenvalue weighted by Crippen LogP contribution is 2.13. The van der Waals surface area contributed by atoms with Crippen LogP contribution in [0.5, 0.6) is 0 Å². The number of esters is 1. The van der Waals surface area contributed by atoms with Gasteiger partial charge < -0.3 is 9.30 Å². The first-order valence-corrected chi connectivity index (χ1v) is 7.01. The summed E-state index contributed by atoms with van der Waals surface area (Å²) in [5.74, 6) is -0.381. The average molecular weight is 285 g/mol. The third-order valence-electron chi connectivity index (χ3n) is 3.30. The van der Waals surface area contributed by atoms with Crippen LogP contribution in [0.25, 0.3) is 0 Å². The molecule has 0 amide bonds. The number of carbonyl (C=O) groups is 1. The fourth-order valence-corrected chi connectivity index (χ4v) is 2.16.